The molecule has 2 aromatic rings. The van der Waals surface area contributed by atoms with Crippen LogP contribution in [0.5, 0.6) is 0 Å². The molecule has 0 radical (unpaired) electrons. The lowest BCUT2D eigenvalue weighted by molar-refractivity contribution is -0.146. The van der Waals surface area contributed by atoms with Crippen molar-refractivity contribution in [2.24, 2.45) is 11.5 Å². The van der Waals surface area contributed by atoms with Gasteiger partial charge in [-0.2, -0.15) is 13.2 Å². The smallest absolute Gasteiger partial charge is 0.369 e. The summed E-state index contributed by atoms with van der Waals surface area (Å²) in [5, 5.41) is 2.23. The summed E-state index contributed by atoms with van der Waals surface area (Å²) in [5.74, 6) is 0. The third-order valence-corrected chi connectivity index (χ3v) is 5.79. The van der Waals surface area contributed by atoms with E-state index in [9.17, 15) is 13.2 Å². The largest absolute Gasteiger partial charge is 0.401 e. The van der Waals surface area contributed by atoms with Crippen LogP contribution in [0.1, 0.15) is 18.4 Å². The Labute approximate surface area is 156 Å². The predicted octanol–water partition coefficient (Wildman–Crippen LogP) is 2.80. The second-order valence-electron chi connectivity index (χ2n) is 7.95. The van der Waals surface area contributed by atoms with Crippen LogP contribution in [0, 0.1) is 0 Å². The molecule has 1 aliphatic carbocycles. The minimum Gasteiger partial charge on any atom is -0.369 e. The molecule has 0 aromatic heterocycles. The van der Waals surface area contributed by atoms with E-state index in [-0.39, 0.29) is 11.6 Å². The number of benzene rings is 2. The van der Waals surface area contributed by atoms with E-state index in [0.717, 1.165) is 34.9 Å². The summed E-state index contributed by atoms with van der Waals surface area (Å²) < 4.78 is 37.6. The molecule has 0 spiro atoms. The fraction of sp³-hybridized carbons (Fsp3) is 0.500. The van der Waals surface area contributed by atoms with E-state index in [1.54, 1.807) is 0 Å². The third-order valence-electron chi connectivity index (χ3n) is 5.79. The predicted molar refractivity (Wildman–Crippen MR) is 102 cm³/mol. The molecule has 7 heteroatoms. The van der Waals surface area contributed by atoms with E-state index in [1.165, 1.54) is 4.90 Å². The third kappa shape index (κ3) is 3.90. The summed E-state index contributed by atoms with van der Waals surface area (Å²) in [7, 11) is 0. The molecule has 2 aromatic carbocycles. The van der Waals surface area contributed by atoms with Gasteiger partial charge in [0.1, 0.15) is 0 Å². The highest BCUT2D eigenvalue weighted by molar-refractivity contribution is 5.86. The van der Waals surface area contributed by atoms with Crippen molar-refractivity contribution in [1.29, 1.82) is 0 Å². The van der Waals surface area contributed by atoms with Crippen LogP contribution in [0.3, 0.4) is 0 Å². The fourth-order valence-electron chi connectivity index (χ4n) is 4.27. The van der Waals surface area contributed by atoms with Gasteiger partial charge in [0.25, 0.3) is 0 Å². The lowest BCUT2D eigenvalue weighted by Crippen LogP contribution is -2.55. The number of alkyl halides is 3. The number of nitrogens with two attached hydrogens (primary N) is 2. The highest BCUT2D eigenvalue weighted by atomic mass is 19.4. The molecule has 0 amide bonds. The number of halogens is 3. The molecule has 1 aliphatic heterocycles. The Morgan fingerprint density at radius 2 is 1.59 bits per heavy atom. The Morgan fingerprint density at radius 3 is 2.22 bits per heavy atom. The van der Waals surface area contributed by atoms with Crippen LogP contribution < -0.4 is 16.4 Å². The van der Waals surface area contributed by atoms with Gasteiger partial charge >= 0.3 is 6.18 Å². The molecule has 4 rings (SSSR count). The van der Waals surface area contributed by atoms with E-state index in [4.69, 9.17) is 11.5 Å². The van der Waals surface area contributed by atoms with Gasteiger partial charge in [0.2, 0.25) is 0 Å². The van der Waals surface area contributed by atoms with E-state index in [0.29, 0.717) is 26.2 Å². The van der Waals surface area contributed by atoms with Gasteiger partial charge in [0.15, 0.2) is 0 Å². The molecule has 27 heavy (non-hydrogen) atoms. The summed E-state index contributed by atoms with van der Waals surface area (Å²) in [6, 6.07) is 12.7. The molecule has 4 N–H and O–H groups in total. The molecule has 2 fully saturated rings. The van der Waals surface area contributed by atoms with Crippen molar-refractivity contribution in [1.82, 2.24) is 4.90 Å². The van der Waals surface area contributed by atoms with E-state index in [1.807, 2.05) is 6.07 Å². The second kappa shape index (κ2) is 6.65. The zero-order chi connectivity index (χ0) is 19.2. The Morgan fingerprint density at radius 1 is 0.963 bits per heavy atom. The first kappa shape index (κ1) is 18.5. The Balaban J connectivity index is 1.46. The monoisotopic (exact) mass is 378 g/mol. The summed E-state index contributed by atoms with van der Waals surface area (Å²) in [5.41, 5.74) is 14.2. The highest BCUT2D eigenvalue weighted by Crippen LogP contribution is 2.39. The van der Waals surface area contributed by atoms with Gasteiger partial charge in [-0.05, 0) is 47.4 Å². The summed E-state index contributed by atoms with van der Waals surface area (Å²) in [6.07, 6.45) is -2.52. The van der Waals surface area contributed by atoms with Crippen LogP contribution in [-0.2, 0) is 5.54 Å². The van der Waals surface area contributed by atoms with Crippen LogP contribution in [0.2, 0.25) is 0 Å². The molecule has 1 saturated carbocycles. The van der Waals surface area contributed by atoms with Crippen LogP contribution >= 0.6 is 0 Å². The Bertz CT molecular complexity index is 822. The average Bonchev–Trinajstić information content (AvgIpc) is 2.59. The van der Waals surface area contributed by atoms with Crippen molar-refractivity contribution in [3.05, 3.63) is 42.0 Å². The van der Waals surface area contributed by atoms with Gasteiger partial charge < -0.3 is 16.4 Å². The number of hydrogen-bond donors (Lipinski definition) is 2. The lowest BCUT2D eigenvalue weighted by atomic mass is 9.69. The van der Waals surface area contributed by atoms with Crippen molar-refractivity contribution >= 4 is 16.5 Å². The van der Waals surface area contributed by atoms with Crippen molar-refractivity contribution in [3.63, 3.8) is 0 Å². The molecular formula is C20H25F3N4. The van der Waals surface area contributed by atoms with Gasteiger partial charge in [-0.15, -0.1) is 0 Å². The number of nitrogens with zero attached hydrogens (tertiary/aromatic N) is 2. The SMILES string of the molecule is NC1CC(N)(c2ccc3cc(N4CCN(CC(F)(F)F)CC4)ccc3c2)C1. The average molecular weight is 378 g/mol. The molecule has 1 saturated heterocycles. The zero-order valence-corrected chi connectivity index (χ0v) is 15.2. The molecule has 0 unspecified atom stereocenters. The molecule has 0 bridgehead atoms. The van der Waals surface area contributed by atoms with E-state index >= 15 is 0 Å². The maximum Gasteiger partial charge on any atom is 0.401 e. The Hall–Kier alpha value is -1.83. The number of anilines is 1. The van der Waals surface area contributed by atoms with Crippen LogP contribution in [0.4, 0.5) is 18.9 Å². The van der Waals surface area contributed by atoms with Crippen molar-refractivity contribution in [3.8, 4) is 0 Å². The molecule has 146 valence electrons. The number of hydrogen-bond acceptors (Lipinski definition) is 4. The lowest BCUT2D eigenvalue weighted by Gasteiger charge is -2.43. The standard InChI is InChI=1S/C20H25F3N4/c21-20(22,23)13-26-5-7-27(8-6-26)18-4-2-14-9-16(3-1-15(14)10-18)19(25)11-17(24)12-19/h1-4,9-10,17H,5-8,11-13,24-25H2. The zero-order valence-electron chi connectivity index (χ0n) is 15.2. The van der Waals surface area contributed by atoms with Crippen LogP contribution in [0.25, 0.3) is 10.8 Å². The fourth-order valence-corrected chi connectivity index (χ4v) is 4.27. The summed E-state index contributed by atoms with van der Waals surface area (Å²) in [6.45, 7) is 1.22. The molecule has 1 heterocycles. The maximum absolute atomic E-state index is 12.5. The Kier molecular flexibility index (Phi) is 4.56. The topological polar surface area (TPSA) is 58.5 Å². The molecular weight excluding hydrogens is 353 g/mol. The van der Waals surface area contributed by atoms with Crippen molar-refractivity contribution in [2.45, 2.75) is 30.6 Å². The minimum absolute atomic E-state index is 0.184. The second-order valence-corrected chi connectivity index (χ2v) is 7.95. The molecule has 0 atom stereocenters. The van der Waals surface area contributed by atoms with Crippen molar-refractivity contribution in [2.75, 3.05) is 37.6 Å². The van der Waals surface area contributed by atoms with Gasteiger partial charge in [-0.25, -0.2) is 0 Å². The van der Waals surface area contributed by atoms with E-state index < -0.39 is 12.7 Å². The first-order valence-electron chi connectivity index (χ1n) is 9.35. The number of rotatable bonds is 3. The number of piperazine rings is 1. The van der Waals surface area contributed by atoms with Gasteiger partial charge in [0.05, 0.1) is 6.54 Å². The van der Waals surface area contributed by atoms with Crippen LogP contribution in [-0.4, -0.2) is 49.8 Å². The first-order valence-corrected chi connectivity index (χ1v) is 9.35. The minimum atomic E-state index is -4.13. The van der Waals surface area contributed by atoms with Crippen LogP contribution in [0.15, 0.2) is 36.4 Å². The van der Waals surface area contributed by atoms with Gasteiger partial charge in [-0.3, -0.25) is 4.90 Å². The first-order chi connectivity index (χ1) is 12.7. The molecule has 4 nitrogen and oxygen atoms in total. The quantitative estimate of drug-likeness (QED) is 0.862. The normalized spacial score (nSPS) is 27.0. The maximum atomic E-state index is 12.5. The number of fused-ring (bicyclic) bond motifs is 1. The van der Waals surface area contributed by atoms with Gasteiger partial charge in [0, 0.05) is 43.4 Å². The highest BCUT2D eigenvalue weighted by Gasteiger charge is 2.40. The summed E-state index contributed by atoms with van der Waals surface area (Å²) in [4.78, 5) is 3.61. The van der Waals surface area contributed by atoms with Gasteiger partial charge in [-0.1, -0.05) is 18.2 Å². The van der Waals surface area contributed by atoms with Crippen molar-refractivity contribution < 1.29 is 13.2 Å². The summed E-state index contributed by atoms with van der Waals surface area (Å²) >= 11 is 0. The molecule has 2 aliphatic rings. The van der Waals surface area contributed by atoms with E-state index in [2.05, 4.69) is 35.2 Å².